The second-order valence-corrected chi connectivity index (χ2v) is 21.5. The number of anilines is 1. The van der Waals surface area contributed by atoms with Gasteiger partial charge < -0.3 is 25.0 Å². The number of nitrogens with one attached hydrogen (secondary N) is 3. The van der Waals surface area contributed by atoms with E-state index in [1.165, 1.54) is 47.8 Å². The Morgan fingerprint density at radius 1 is 1.08 bits per heavy atom. The number of benzene rings is 2. The highest BCUT2D eigenvalue weighted by Gasteiger charge is 2.62. The number of carbonyl (C=O) groups is 3. The third kappa shape index (κ3) is 8.76. The number of sulfone groups is 1. The first-order valence-corrected chi connectivity index (χ1v) is 23.6. The quantitative estimate of drug-likeness (QED) is 0.144. The lowest BCUT2D eigenvalue weighted by atomic mass is 9.85. The van der Waals surface area contributed by atoms with Crippen molar-refractivity contribution >= 4 is 76.4 Å². The van der Waals surface area contributed by atoms with Crippen LogP contribution in [0.25, 0.3) is 22.0 Å². The standard InChI is InChI=1S/C40H45ClN6O9S3/c1-7-23-18-40(23,37(50)46-59(53,54)27-13-14-27)45-34(48)31-17-25(56-35-29-16-24(41)10-15-28(29)32(55-5)19-42-35)20-47(31)36(49)33(39(2,3)4)44-38-43-30(21-57-38)22-8-11-26(12-9-22)58(6,51)52/h7-12,15-16,19,21,23,25,27,31,33H,1,13-14,17-18,20H2,2-6H3,(H,43,44)(H,45,48)(H,46,50)/t23-,25-,31+,33-,40-/m1/s1. The third-order valence-corrected chi connectivity index (χ3v) is 14.8. The molecule has 15 nitrogen and oxygen atoms in total. The zero-order chi connectivity index (χ0) is 42.7. The topological polar surface area (TPSA) is 203 Å². The van der Waals surface area contributed by atoms with Crippen molar-refractivity contribution in [2.45, 2.75) is 80.3 Å². The molecular weight excluding hydrogens is 840 g/mol. The number of thiazole rings is 1. The van der Waals surface area contributed by atoms with E-state index in [0.717, 1.165) is 6.26 Å². The van der Waals surface area contributed by atoms with E-state index < -0.39 is 77.9 Å². The molecule has 0 bridgehead atoms. The first-order valence-electron chi connectivity index (χ1n) is 18.9. The van der Waals surface area contributed by atoms with Gasteiger partial charge in [-0.2, -0.15) is 0 Å². The fourth-order valence-corrected chi connectivity index (χ4v) is 10.2. The van der Waals surface area contributed by atoms with Crippen molar-refractivity contribution in [3.05, 3.63) is 71.7 Å². The van der Waals surface area contributed by atoms with E-state index in [4.69, 9.17) is 26.1 Å². The van der Waals surface area contributed by atoms with Crippen LogP contribution in [0.4, 0.5) is 5.13 Å². The zero-order valence-electron chi connectivity index (χ0n) is 33.0. The summed E-state index contributed by atoms with van der Waals surface area (Å²) in [6, 6.07) is 9.44. The van der Waals surface area contributed by atoms with Gasteiger partial charge in [-0.05, 0) is 55.0 Å². The second-order valence-electron chi connectivity index (χ2n) is 16.3. The number of pyridine rings is 1. The number of hydrogen-bond donors (Lipinski definition) is 3. The maximum atomic E-state index is 14.9. The fourth-order valence-electron chi connectivity index (χ4n) is 7.26. The number of aromatic nitrogens is 2. The third-order valence-electron chi connectivity index (χ3n) is 10.8. The van der Waals surface area contributed by atoms with Crippen LogP contribution < -0.4 is 24.8 Å². The summed E-state index contributed by atoms with van der Waals surface area (Å²) in [5, 5.41) is 9.33. The summed E-state index contributed by atoms with van der Waals surface area (Å²) >= 11 is 7.63. The predicted molar refractivity (Wildman–Crippen MR) is 225 cm³/mol. The summed E-state index contributed by atoms with van der Waals surface area (Å²) in [5.41, 5.74) is -1.05. The Morgan fingerprint density at radius 3 is 2.41 bits per heavy atom. The number of carbonyl (C=O) groups excluding carboxylic acids is 3. The number of likely N-dealkylation sites (tertiary alicyclic amines) is 1. The number of rotatable bonds is 14. The molecule has 59 heavy (non-hydrogen) atoms. The van der Waals surface area contributed by atoms with Gasteiger partial charge in [-0.1, -0.05) is 50.6 Å². The van der Waals surface area contributed by atoms with E-state index in [9.17, 15) is 31.2 Å². The van der Waals surface area contributed by atoms with Crippen molar-refractivity contribution in [3.63, 3.8) is 0 Å². The molecule has 1 saturated heterocycles. The number of halogens is 1. The molecule has 0 unspecified atom stereocenters. The maximum Gasteiger partial charge on any atom is 0.259 e. The number of methoxy groups -OCH3 is 1. The van der Waals surface area contributed by atoms with E-state index in [2.05, 4.69) is 26.9 Å². The summed E-state index contributed by atoms with van der Waals surface area (Å²) in [4.78, 5) is 53.7. The minimum atomic E-state index is -3.92. The lowest BCUT2D eigenvalue weighted by Gasteiger charge is -2.35. The van der Waals surface area contributed by atoms with Gasteiger partial charge in [0.25, 0.3) is 5.91 Å². The molecule has 314 valence electrons. The minimum Gasteiger partial charge on any atom is -0.494 e. The SMILES string of the molecule is C=C[C@@H]1C[C@]1(NC(=O)[C@@H]1C[C@@H](Oc2ncc(OC)c3ccc(Cl)cc23)CN1C(=O)[C@@H](Nc1nc(-c2ccc(S(C)(=O)=O)cc2)cs1)C(C)(C)C)C(=O)NS(=O)(=O)C1CC1. The molecule has 2 aromatic carbocycles. The van der Waals surface area contributed by atoms with Gasteiger partial charge in [-0.15, -0.1) is 17.9 Å². The second kappa shape index (κ2) is 15.7. The van der Waals surface area contributed by atoms with Crippen LogP contribution in [0.15, 0.2) is 71.6 Å². The maximum absolute atomic E-state index is 14.9. The number of fused-ring (bicyclic) bond motifs is 1. The molecule has 1 aliphatic heterocycles. The Labute approximate surface area is 351 Å². The Morgan fingerprint density at radius 2 is 1.80 bits per heavy atom. The van der Waals surface area contributed by atoms with Crippen LogP contribution in [-0.2, 0) is 34.2 Å². The van der Waals surface area contributed by atoms with Crippen LogP contribution in [-0.4, -0.2) is 98.3 Å². The Bertz CT molecular complexity index is 2560. The molecule has 4 aromatic rings. The summed E-state index contributed by atoms with van der Waals surface area (Å²) in [6.07, 6.45) is 4.42. The lowest BCUT2D eigenvalue weighted by molar-refractivity contribution is -0.141. The van der Waals surface area contributed by atoms with Crippen LogP contribution in [0.2, 0.25) is 5.02 Å². The monoisotopic (exact) mass is 884 g/mol. The van der Waals surface area contributed by atoms with Crippen LogP contribution in [0.3, 0.4) is 0 Å². The van der Waals surface area contributed by atoms with E-state index in [1.807, 2.05) is 20.8 Å². The smallest absolute Gasteiger partial charge is 0.259 e. The average molecular weight is 885 g/mol. The van der Waals surface area contributed by atoms with Crippen LogP contribution >= 0.6 is 22.9 Å². The normalized spacial score (nSPS) is 22.3. The van der Waals surface area contributed by atoms with Gasteiger partial charge in [0.15, 0.2) is 15.0 Å². The zero-order valence-corrected chi connectivity index (χ0v) is 36.2. The molecular formula is C40H45ClN6O9S3. The molecule has 0 radical (unpaired) electrons. The van der Waals surface area contributed by atoms with Crippen LogP contribution in [0, 0.1) is 11.3 Å². The van der Waals surface area contributed by atoms with E-state index in [1.54, 1.807) is 35.7 Å². The van der Waals surface area contributed by atoms with Gasteiger partial charge in [0.1, 0.15) is 29.5 Å². The Balaban J connectivity index is 1.18. The van der Waals surface area contributed by atoms with Crippen molar-refractivity contribution < 1.29 is 40.7 Å². The molecule has 19 heteroatoms. The fraction of sp³-hybridized carbons (Fsp3) is 0.425. The van der Waals surface area contributed by atoms with Crippen LogP contribution in [0.1, 0.15) is 46.5 Å². The highest BCUT2D eigenvalue weighted by Crippen LogP contribution is 2.46. The van der Waals surface area contributed by atoms with Gasteiger partial charge in [-0.3, -0.25) is 19.1 Å². The van der Waals surface area contributed by atoms with Gasteiger partial charge in [-0.25, -0.2) is 26.8 Å². The van der Waals surface area contributed by atoms with E-state index in [-0.39, 0.29) is 30.2 Å². The largest absolute Gasteiger partial charge is 0.494 e. The molecule has 5 atom stereocenters. The first-order chi connectivity index (χ1) is 27.7. The molecule has 2 saturated carbocycles. The van der Waals surface area contributed by atoms with E-state index in [0.29, 0.717) is 50.8 Å². The van der Waals surface area contributed by atoms with Gasteiger partial charge in [0, 0.05) is 45.3 Å². The lowest BCUT2D eigenvalue weighted by Crippen LogP contribution is -2.58. The highest BCUT2D eigenvalue weighted by atomic mass is 35.5. The Kier molecular flexibility index (Phi) is 11.3. The molecule has 3 heterocycles. The summed E-state index contributed by atoms with van der Waals surface area (Å²) in [7, 11) is -5.79. The molecule has 2 aliphatic carbocycles. The predicted octanol–water partition coefficient (Wildman–Crippen LogP) is 4.97. The molecule has 3 aliphatic rings. The van der Waals surface area contributed by atoms with Crippen molar-refractivity contribution in [2.24, 2.45) is 11.3 Å². The van der Waals surface area contributed by atoms with Crippen molar-refractivity contribution in [2.75, 3.05) is 25.2 Å². The average Bonchev–Trinajstić information content (AvgIpc) is 4.07. The van der Waals surface area contributed by atoms with Gasteiger partial charge >= 0.3 is 0 Å². The number of sulfonamides is 1. The van der Waals surface area contributed by atoms with Crippen LogP contribution in [0.5, 0.6) is 11.6 Å². The summed E-state index contributed by atoms with van der Waals surface area (Å²) in [6.45, 7) is 9.36. The molecule has 0 spiro atoms. The molecule has 3 N–H and O–H groups in total. The van der Waals surface area contributed by atoms with Crippen molar-refractivity contribution in [1.82, 2.24) is 24.9 Å². The number of ether oxygens (including phenoxy) is 2. The molecule has 2 aromatic heterocycles. The first kappa shape index (κ1) is 42.3. The van der Waals surface area contributed by atoms with E-state index >= 15 is 0 Å². The van der Waals surface area contributed by atoms with Gasteiger partial charge in [0.2, 0.25) is 27.7 Å². The molecule has 3 amide bonds. The van der Waals surface area contributed by atoms with Crippen molar-refractivity contribution in [1.29, 1.82) is 0 Å². The van der Waals surface area contributed by atoms with Crippen molar-refractivity contribution in [3.8, 4) is 22.9 Å². The Hall–Kier alpha value is -4.78. The summed E-state index contributed by atoms with van der Waals surface area (Å²) in [5.74, 6) is -1.79. The minimum absolute atomic E-state index is 0.00586. The number of hydrogen-bond acceptors (Lipinski definition) is 13. The van der Waals surface area contributed by atoms with Gasteiger partial charge in [0.05, 0.1) is 35.7 Å². The number of nitrogens with zero attached hydrogens (tertiary/aromatic N) is 3. The highest BCUT2D eigenvalue weighted by molar-refractivity contribution is 7.91. The molecule has 7 rings (SSSR count). The summed E-state index contributed by atoms with van der Waals surface area (Å²) < 4.78 is 63.7. The molecule has 3 fully saturated rings. The number of amides is 3.